The predicted octanol–water partition coefficient (Wildman–Crippen LogP) is 5.16. The van der Waals surface area contributed by atoms with Crippen LogP contribution in [0.2, 0.25) is 10.0 Å². The maximum absolute atomic E-state index is 13.8. The summed E-state index contributed by atoms with van der Waals surface area (Å²) in [6.45, 7) is 0.238. The van der Waals surface area contributed by atoms with Crippen molar-refractivity contribution in [1.29, 1.82) is 0 Å². The van der Waals surface area contributed by atoms with E-state index in [2.05, 4.69) is 0 Å². The molecule has 0 N–H and O–H groups in total. The van der Waals surface area contributed by atoms with Crippen LogP contribution in [-0.4, -0.2) is 61.8 Å². The molecule has 3 aromatic rings. The van der Waals surface area contributed by atoms with Gasteiger partial charge in [0.05, 0.1) is 22.4 Å². The zero-order valence-electron chi connectivity index (χ0n) is 20.4. The lowest BCUT2D eigenvalue weighted by atomic mass is 9.93. The van der Waals surface area contributed by atoms with E-state index in [0.717, 1.165) is 21.5 Å². The summed E-state index contributed by atoms with van der Waals surface area (Å²) in [5, 5.41) is 13.7. The minimum Gasteiger partial charge on any atom is -0.385 e. The largest absolute Gasteiger partial charge is 0.385 e. The fraction of sp³-hybridized carbons (Fsp3) is 0.320. The van der Waals surface area contributed by atoms with Gasteiger partial charge in [-0.15, -0.1) is 11.3 Å². The lowest BCUT2D eigenvalue weighted by Crippen LogP contribution is -2.47. The molecule has 4 rings (SSSR count). The van der Waals surface area contributed by atoms with Gasteiger partial charge in [-0.1, -0.05) is 35.3 Å². The van der Waals surface area contributed by atoms with Crippen molar-refractivity contribution in [2.24, 2.45) is 0 Å². The molecule has 38 heavy (non-hydrogen) atoms. The molecule has 0 fully saturated rings. The normalized spacial score (nSPS) is 15.5. The fourth-order valence-electron chi connectivity index (χ4n) is 4.44. The Morgan fingerprint density at radius 3 is 2.63 bits per heavy atom. The number of fused-ring (bicyclic) bond motifs is 1. The Bertz CT molecular complexity index is 1430. The number of halogens is 2. The van der Waals surface area contributed by atoms with Gasteiger partial charge in [0.25, 0.3) is 5.69 Å². The smallest absolute Gasteiger partial charge is 0.289 e. The fourth-order valence-corrected chi connectivity index (χ4v) is 7.11. The first-order valence-corrected chi connectivity index (χ1v) is 14.7. The molecule has 0 saturated carbocycles. The number of ether oxygens (including phenoxy) is 1. The highest BCUT2D eigenvalue weighted by atomic mass is 35.5. The number of nitro benzene ring substituents is 1. The second-order valence-electron chi connectivity index (χ2n) is 8.65. The van der Waals surface area contributed by atoms with Crippen LogP contribution in [0, 0.1) is 10.1 Å². The van der Waals surface area contributed by atoms with E-state index in [1.54, 1.807) is 28.4 Å². The third-order valence-electron chi connectivity index (χ3n) is 6.29. The van der Waals surface area contributed by atoms with Gasteiger partial charge >= 0.3 is 0 Å². The SMILES string of the molecule is COCCCN(CC(=O)N1CCc2sccc2C1c1ccc(Cl)cc1)S(=O)(=O)c1ccc(Cl)c([N+](=O)[O-])c1. The van der Waals surface area contributed by atoms with E-state index in [0.29, 0.717) is 24.4 Å². The molecule has 0 saturated heterocycles. The van der Waals surface area contributed by atoms with E-state index < -0.39 is 33.2 Å². The Hall–Kier alpha value is -2.54. The van der Waals surface area contributed by atoms with Crippen molar-refractivity contribution >= 4 is 56.2 Å². The average molecular weight is 599 g/mol. The van der Waals surface area contributed by atoms with Crippen LogP contribution < -0.4 is 0 Å². The molecule has 0 bridgehead atoms. The zero-order chi connectivity index (χ0) is 27.4. The average Bonchev–Trinajstić information content (AvgIpc) is 3.37. The Balaban J connectivity index is 1.67. The van der Waals surface area contributed by atoms with Crippen LogP contribution in [0.3, 0.4) is 0 Å². The Morgan fingerprint density at radius 1 is 1.21 bits per heavy atom. The Kier molecular flexibility index (Phi) is 9.07. The number of hydrogen-bond acceptors (Lipinski definition) is 7. The van der Waals surface area contributed by atoms with Crippen molar-refractivity contribution < 1.29 is 22.9 Å². The first-order chi connectivity index (χ1) is 18.1. The summed E-state index contributed by atoms with van der Waals surface area (Å²) in [5.74, 6) is -0.383. The second-order valence-corrected chi connectivity index (χ2v) is 12.4. The minimum atomic E-state index is -4.27. The molecule has 1 unspecified atom stereocenters. The van der Waals surface area contributed by atoms with Gasteiger partial charge < -0.3 is 9.64 Å². The van der Waals surface area contributed by atoms with Gasteiger partial charge in [0.2, 0.25) is 15.9 Å². The number of rotatable bonds is 10. The standard InChI is InChI=1S/C25H25Cl2N3O6S2/c1-36-13-2-11-28(38(34,35)19-7-8-21(27)22(15-19)30(32)33)16-24(31)29-12-9-23-20(10-14-37-23)25(29)17-3-5-18(26)6-4-17/h3-8,10,14-15,25H,2,9,11-13,16H2,1H3. The number of thiophene rings is 1. The quantitative estimate of drug-likeness (QED) is 0.181. The zero-order valence-corrected chi connectivity index (χ0v) is 23.5. The van der Waals surface area contributed by atoms with Crippen LogP contribution in [0.5, 0.6) is 0 Å². The lowest BCUT2D eigenvalue weighted by molar-refractivity contribution is -0.384. The van der Waals surface area contributed by atoms with E-state index >= 15 is 0 Å². The van der Waals surface area contributed by atoms with Crippen LogP contribution in [0.25, 0.3) is 0 Å². The van der Waals surface area contributed by atoms with Crippen molar-refractivity contribution in [3.8, 4) is 0 Å². The summed E-state index contributed by atoms with van der Waals surface area (Å²) in [5.41, 5.74) is 1.34. The second kappa shape index (κ2) is 12.1. The van der Waals surface area contributed by atoms with E-state index in [1.165, 1.54) is 24.1 Å². The first-order valence-electron chi connectivity index (χ1n) is 11.7. The molecule has 0 radical (unpaired) electrons. The Morgan fingerprint density at radius 2 is 1.95 bits per heavy atom. The van der Waals surface area contributed by atoms with E-state index in [9.17, 15) is 23.3 Å². The van der Waals surface area contributed by atoms with Gasteiger partial charge in [0.1, 0.15) is 5.02 Å². The highest BCUT2D eigenvalue weighted by molar-refractivity contribution is 7.89. The number of benzene rings is 2. The number of sulfonamides is 1. The summed E-state index contributed by atoms with van der Waals surface area (Å²) in [6.07, 6.45) is 0.983. The van der Waals surface area contributed by atoms with Gasteiger partial charge in [0.15, 0.2) is 0 Å². The van der Waals surface area contributed by atoms with Crippen LogP contribution in [0.15, 0.2) is 58.8 Å². The van der Waals surface area contributed by atoms with Crippen molar-refractivity contribution in [1.82, 2.24) is 9.21 Å². The van der Waals surface area contributed by atoms with Crippen molar-refractivity contribution in [3.05, 3.63) is 90.1 Å². The van der Waals surface area contributed by atoms with Gasteiger partial charge in [-0.05, 0) is 59.7 Å². The molecular formula is C25H25Cl2N3O6S2. The predicted molar refractivity (Wildman–Crippen MR) is 146 cm³/mol. The molecule has 1 aliphatic heterocycles. The topological polar surface area (TPSA) is 110 Å². The molecule has 0 spiro atoms. The van der Waals surface area contributed by atoms with Crippen molar-refractivity contribution in [2.75, 3.05) is 33.4 Å². The highest BCUT2D eigenvalue weighted by Crippen LogP contribution is 2.38. The number of hydrogen-bond donors (Lipinski definition) is 0. The molecule has 1 atom stereocenters. The molecule has 202 valence electrons. The van der Waals surface area contributed by atoms with Crippen LogP contribution in [-0.2, 0) is 26.0 Å². The van der Waals surface area contributed by atoms with Crippen molar-refractivity contribution in [2.45, 2.75) is 23.8 Å². The van der Waals surface area contributed by atoms with E-state index in [-0.39, 0.29) is 29.0 Å². The van der Waals surface area contributed by atoms with Gasteiger partial charge in [-0.3, -0.25) is 14.9 Å². The number of carbonyl (C=O) groups excluding carboxylic acids is 1. The highest BCUT2D eigenvalue weighted by Gasteiger charge is 2.36. The minimum absolute atomic E-state index is 0.0124. The van der Waals surface area contributed by atoms with E-state index in [4.69, 9.17) is 27.9 Å². The molecule has 13 heteroatoms. The summed E-state index contributed by atoms with van der Waals surface area (Å²) in [7, 11) is -2.78. The molecular weight excluding hydrogens is 573 g/mol. The van der Waals surface area contributed by atoms with Crippen LogP contribution >= 0.6 is 34.5 Å². The maximum Gasteiger partial charge on any atom is 0.289 e. The monoisotopic (exact) mass is 597 g/mol. The van der Waals surface area contributed by atoms with E-state index in [1.807, 2.05) is 23.6 Å². The van der Waals surface area contributed by atoms with Gasteiger partial charge in [0, 0.05) is 42.8 Å². The van der Waals surface area contributed by atoms with Gasteiger partial charge in [-0.2, -0.15) is 4.31 Å². The number of nitrogens with zero attached hydrogens (tertiary/aromatic N) is 3. The summed E-state index contributed by atoms with van der Waals surface area (Å²) in [6, 6.07) is 12.1. The number of carbonyl (C=O) groups is 1. The van der Waals surface area contributed by atoms with Crippen LogP contribution in [0.1, 0.15) is 28.5 Å². The Labute approximate surface area is 234 Å². The van der Waals surface area contributed by atoms with Gasteiger partial charge in [-0.25, -0.2) is 8.42 Å². The molecule has 1 aliphatic rings. The number of amides is 1. The van der Waals surface area contributed by atoms with Crippen LogP contribution in [0.4, 0.5) is 5.69 Å². The molecule has 2 heterocycles. The summed E-state index contributed by atoms with van der Waals surface area (Å²) >= 11 is 13.6. The maximum atomic E-state index is 13.8. The molecule has 0 aliphatic carbocycles. The molecule has 9 nitrogen and oxygen atoms in total. The number of methoxy groups -OCH3 is 1. The lowest BCUT2D eigenvalue weighted by Gasteiger charge is -2.37. The van der Waals surface area contributed by atoms with Crippen molar-refractivity contribution in [3.63, 3.8) is 0 Å². The first kappa shape index (κ1) is 28.5. The molecule has 2 aromatic carbocycles. The molecule has 1 aromatic heterocycles. The summed E-state index contributed by atoms with van der Waals surface area (Å²) in [4.78, 5) is 26.9. The third-order valence-corrected chi connectivity index (χ3v) is 9.70. The number of nitro groups is 1. The third kappa shape index (κ3) is 6.03. The summed E-state index contributed by atoms with van der Waals surface area (Å²) < 4.78 is 33.4. The molecule has 1 amide bonds.